The average Bonchev–Trinajstić information content (AvgIpc) is 3.46. The maximum atomic E-state index is 13.1. The monoisotopic (exact) mass is 440 g/mol. The average molecular weight is 441 g/mol. The van der Waals surface area contributed by atoms with Gasteiger partial charge in [0.25, 0.3) is 11.8 Å². The molecule has 32 heavy (non-hydrogen) atoms. The first-order chi connectivity index (χ1) is 15.6. The first kappa shape index (κ1) is 20.1. The predicted molar refractivity (Wildman–Crippen MR) is 126 cm³/mol. The Hall–Kier alpha value is -3.84. The number of pyridine rings is 1. The highest BCUT2D eigenvalue weighted by molar-refractivity contribution is 7.14. The third-order valence-corrected chi connectivity index (χ3v) is 6.30. The molecule has 1 aliphatic heterocycles. The van der Waals surface area contributed by atoms with Crippen LogP contribution < -0.4 is 10.2 Å². The van der Waals surface area contributed by atoms with Gasteiger partial charge in [0.1, 0.15) is 0 Å². The number of carbonyl (C=O) groups excluding carboxylic acids is 2. The molecule has 2 aromatic heterocycles. The summed E-state index contributed by atoms with van der Waals surface area (Å²) in [4.78, 5) is 35.8. The lowest BCUT2D eigenvalue weighted by Crippen LogP contribution is -2.29. The summed E-state index contributed by atoms with van der Waals surface area (Å²) in [7, 11) is 0. The molecule has 0 saturated carbocycles. The number of amides is 2. The molecule has 0 atom stereocenters. The summed E-state index contributed by atoms with van der Waals surface area (Å²) in [5.41, 5.74) is 6.03. The predicted octanol–water partition coefficient (Wildman–Crippen LogP) is 4.97. The lowest BCUT2D eigenvalue weighted by atomic mass is 10.1. The minimum absolute atomic E-state index is 0.0312. The highest BCUT2D eigenvalue weighted by Gasteiger charge is 2.26. The topological polar surface area (TPSA) is 75.2 Å². The van der Waals surface area contributed by atoms with Crippen molar-refractivity contribution in [2.45, 2.75) is 13.3 Å². The minimum Gasteiger partial charge on any atom is -0.308 e. The van der Waals surface area contributed by atoms with Gasteiger partial charge in [0.2, 0.25) is 0 Å². The standard InChI is InChI=1S/C25H20N4O2S/c1-16-5-2-3-7-20(16)24(31)29-12-10-18-13-17(8-9-22(18)29)21-15-32-25(27-21)28-23(30)19-6-4-11-26-14-19/h2-9,11,13-15H,10,12H2,1H3,(H,27,28,30). The van der Waals surface area contributed by atoms with Gasteiger partial charge in [-0.3, -0.25) is 19.9 Å². The van der Waals surface area contributed by atoms with E-state index in [1.807, 2.05) is 53.6 Å². The van der Waals surface area contributed by atoms with Crippen molar-refractivity contribution in [1.82, 2.24) is 9.97 Å². The summed E-state index contributed by atoms with van der Waals surface area (Å²) in [6.45, 7) is 2.62. The first-order valence-electron chi connectivity index (χ1n) is 10.3. The van der Waals surface area contributed by atoms with Crippen molar-refractivity contribution in [2.75, 3.05) is 16.8 Å². The second-order valence-corrected chi connectivity index (χ2v) is 8.46. The summed E-state index contributed by atoms with van der Waals surface area (Å²) < 4.78 is 0. The summed E-state index contributed by atoms with van der Waals surface area (Å²) in [5.74, 6) is -0.207. The maximum Gasteiger partial charge on any atom is 0.259 e. The molecule has 1 aliphatic rings. The molecule has 3 heterocycles. The van der Waals surface area contributed by atoms with Gasteiger partial charge in [-0.2, -0.15) is 0 Å². The number of rotatable bonds is 4. The van der Waals surface area contributed by atoms with Gasteiger partial charge in [-0.1, -0.05) is 24.3 Å². The van der Waals surface area contributed by atoms with Gasteiger partial charge in [-0.25, -0.2) is 4.98 Å². The molecule has 0 radical (unpaired) electrons. The number of anilines is 2. The molecule has 1 N–H and O–H groups in total. The smallest absolute Gasteiger partial charge is 0.259 e. The minimum atomic E-state index is -0.238. The highest BCUT2D eigenvalue weighted by Crippen LogP contribution is 2.34. The van der Waals surface area contributed by atoms with Crippen molar-refractivity contribution in [2.24, 2.45) is 0 Å². The van der Waals surface area contributed by atoms with Gasteiger partial charge < -0.3 is 4.90 Å². The Kier molecular flexibility index (Phi) is 5.25. The molecule has 158 valence electrons. The van der Waals surface area contributed by atoms with Crippen LogP contribution in [0, 0.1) is 6.92 Å². The van der Waals surface area contributed by atoms with Crippen LogP contribution in [0.25, 0.3) is 11.3 Å². The number of hydrogen-bond donors (Lipinski definition) is 1. The number of aryl methyl sites for hydroxylation is 1. The van der Waals surface area contributed by atoms with Crippen LogP contribution in [0.5, 0.6) is 0 Å². The van der Waals surface area contributed by atoms with Crippen LogP contribution in [0.15, 0.2) is 72.4 Å². The quantitative estimate of drug-likeness (QED) is 0.486. The SMILES string of the molecule is Cc1ccccc1C(=O)N1CCc2cc(-c3csc(NC(=O)c4cccnc4)n3)ccc21. The Labute approximate surface area is 189 Å². The van der Waals surface area contributed by atoms with E-state index in [1.165, 1.54) is 17.5 Å². The first-order valence-corrected chi connectivity index (χ1v) is 11.2. The maximum absolute atomic E-state index is 13.1. The van der Waals surface area contributed by atoms with Crippen LogP contribution in [-0.4, -0.2) is 28.3 Å². The van der Waals surface area contributed by atoms with Gasteiger partial charge in [0, 0.05) is 41.1 Å². The van der Waals surface area contributed by atoms with E-state index in [2.05, 4.69) is 21.4 Å². The van der Waals surface area contributed by atoms with Crippen LogP contribution in [0.4, 0.5) is 10.8 Å². The molecule has 0 bridgehead atoms. The second-order valence-electron chi connectivity index (χ2n) is 7.60. The molecule has 4 aromatic rings. The molecule has 0 unspecified atom stereocenters. The van der Waals surface area contributed by atoms with E-state index < -0.39 is 0 Å². The zero-order chi connectivity index (χ0) is 22.1. The van der Waals surface area contributed by atoms with Crippen molar-refractivity contribution < 1.29 is 9.59 Å². The van der Waals surface area contributed by atoms with Crippen LogP contribution >= 0.6 is 11.3 Å². The van der Waals surface area contributed by atoms with E-state index in [0.717, 1.165) is 40.1 Å². The van der Waals surface area contributed by atoms with Crippen LogP contribution in [-0.2, 0) is 6.42 Å². The molecule has 2 amide bonds. The third kappa shape index (κ3) is 3.78. The Morgan fingerprint density at radius 3 is 2.78 bits per heavy atom. The number of thiazole rings is 1. The number of aromatic nitrogens is 2. The fourth-order valence-electron chi connectivity index (χ4n) is 3.86. The lowest BCUT2D eigenvalue weighted by molar-refractivity contribution is 0.0987. The molecule has 0 saturated heterocycles. The Balaban J connectivity index is 1.35. The van der Waals surface area contributed by atoms with Gasteiger partial charge in [-0.15, -0.1) is 11.3 Å². The Morgan fingerprint density at radius 2 is 1.97 bits per heavy atom. The molecule has 2 aromatic carbocycles. The van der Waals surface area contributed by atoms with Crippen LogP contribution in [0.1, 0.15) is 31.8 Å². The molecule has 0 fully saturated rings. The zero-order valence-electron chi connectivity index (χ0n) is 17.4. The van der Waals surface area contributed by atoms with Gasteiger partial charge in [0.05, 0.1) is 11.3 Å². The van der Waals surface area contributed by atoms with E-state index in [-0.39, 0.29) is 11.8 Å². The van der Waals surface area contributed by atoms with E-state index in [0.29, 0.717) is 17.2 Å². The fourth-order valence-corrected chi connectivity index (χ4v) is 4.58. The van der Waals surface area contributed by atoms with Gasteiger partial charge >= 0.3 is 0 Å². The van der Waals surface area contributed by atoms with Crippen molar-refractivity contribution in [1.29, 1.82) is 0 Å². The molecule has 0 aliphatic carbocycles. The number of hydrogen-bond acceptors (Lipinski definition) is 5. The van der Waals surface area contributed by atoms with Gasteiger partial charge in [0.15, 0.2) is 5.13 Å². The van der Waals surface area contributed by atoms with Crippen LogP contribution in [0.3, 0.4) is 0 Å². The number of fused-ring (bicyclic) bond motifs is 1. The Bertz CT molecular complexity index is 1320. The number of benzene rings is 2. The van der Waals surface area contributed by atoms with Gasteiger partial charge in [-0.05, 0) is 54.8 Å². The summed E-state index contributed by atoms with van der Waals surface area (Å²) >= 11 is 1.38. The third-order valence-electron chi connectivity index (χ3n) is 5.54. The summed E-state index contributed by atoms with van der Waals surface area (Å²) in [5, 5.41) is 5.28. The number of nitrogens with zero attached hydrogens (tertiary/aromatic N) is 3. The van der Waals surface area contributed by atoms with E-state index in [9.17, 15) is 9.59 Å². The number of carbonyl (C=O) groups is 2. The number of nitrogens with one attached hydrogen (secondary N) is 1. The molecular weight excluding hydrogens is 420 g/mol. The zero-order valence-corrected chi connectivity index (χ0v) is 18.2. The van der Waals surface area contributed by atoms with E-state index in [4.69, 9.17) is 0 Å². The summed E-state index contributed by atoms with van der Waals surface area (Å²) in [6.07, 6.45) is 3.95. The van der Waals surface area contributed by atoms with Crippen molar-refractivity contribution in [3.05, 3.63) is 94.6 Å². The van der Waals surface area contributed by atoms with Crippen LogP contribution in [0.2, 0.25) is 0 Å². The lowest BCUT2D eigenvalue weighted by Gasteiger charge is -2.18. The molecule has 7 heteroatoms. The summed E-state index contributed by atoms with van der Waals surface area (Å²) in [6, 6.07) is 17.2. The molecule has 0 spiro atoms. The fraction of sp³-hybridized carbons (Fsp3) is 0.120. The van der Waals surface area contributed by atoms with Crippen molar-refractivity contribution in [3.63, 3.8) is 0 Å². The van der Waals surface area contributed by atoms with E-state index >= 15 is 0 Å². The largest absolute Gasteiger partial charge is 0.308 e. The highest BCUT2D eigenvalue weighted by atomic mass is 32.1. The second kappa shape index (κ2) is 8.36. The molecule has 6 nitrogen and oxygen atoms in total. The van der Waals surface area contributed by atoms with E-state index in [1.54, 1.807) is 18.3 Å². The van der Waals surface area contributed by atoms with Crippen molar-refractivity contribution >= 4 is 34.0 Å². The Morgan fingerprint density at radius 1 is 1.09 bits per heavy atom. The normalized spacial score (nSPS) is 12.5. The molecular formula is C25H20N4O2S. The van der Waals surface area contributed by atoms with Crippen molar-refractivity contribution in [3.8, 4) is 11.3 Å². The molecule has 5 rings (SSSR count).